The molecule has 0 saturated carbocycles. The van der Waals surface area contributed by atoms with Gasteiger partial charge in [-0.25, -0.2) is 0 Å². The van der Waals surface area contributed by atoms with Crippen LogP contribution in [0.3, 0.4) is 0 Å². The van der Waals surface area contributed by atoms with Gasteiger partial charge in [0.1, 0.15) is 11.8 Å². The molecule has 0 bridgehead atoms. The normalized spacial score (nSPS) is 12.7. The van der Waals surface area contributed by atoms with Crippen LogP contribution in [-0.4, -0.2) is 24.7 Å². The SMILES string of the molecule is COc1cccc(C(O)CNC(=O)C(N)c2ccc(C)cc2)c1.Cl. The number of methoxy groups -OCH3 is 1. The molecule has 0 radical (unpaired) electrons. The average Bonchev–Trinajstić information content (AvgIpc) is 2.59. The van der Waals surface area contributed by atoms with Gasteiger partial charge in [0.2, 0.25) is 5.91 Å². The van der Waals surface area contributed by atoms with Crippen molar-refractivity contribution in [1.82, 2.24) is 5.32 Å². The van der Waals surface area contributed by atoms with Crippen LogP contribution < -0.4 is 15.8 Å². The number of benzene rings is 2. The Labute approximate surface area is 148 Å². The lowest BCUT2D eigenvalue weighted by atomic mass is 10.0. The van der Waals surface area contributed by atoms with Crippen LogP contribution in [0.15, 0.2) is 48.5 Å². The number of aryl methyl sites for hydroxylation is 1. The molecule has 6 heteroatoms. The number of carbonyl (C=O) groups excluding carboxylic acids is 1. The molecule has 1 amide bonds. The van der Waals surface area contributed by atoms with Gasteiger partial charge in [-0.3, -0.25) is 4.79 Å². The Hall–Kier alpha value is -2.08. The lowest BCUT2D eigenvalue weighted by molar-refractivity contribution is -0.122. The van der Waals surface area contributed by atoms with Crippen molar-refractivity contribution in [3.63, 3.8) is 0 Å². The number of nitrogens with one attached hydrogen (secondary N) is 1. The molecule has 24 heavy (non-hydrogen) atoms. The van der Waals surface area contributed by atoms with Crippen molar-refractivity contribution in [2.45, 2.75) is 19.1 Å². The van der Waals surface area contributed by atoms with E-state index in [1.165, 1.54) is 0 Å². The second-order valence-corrected chi connectivity index (χ2v) is 5.43. The highest BCUT2D eigenvalue weighted by molar-refractivity contribution is 5.85. The van der Waals surface area contributed by atoms with E-state index in [2.05, 4.69) is 5.32 Å². The summed E-state index contributed by atoms with van der Waals surface area (Å²) in [6, 6.07) is 13.8. The molecular weight excluding hydrogens is 328 g/mol. The zero-order valence-electron chi connectivity index (χ0n) is 13.7. The van der Waals surface area contributed by atoms with Crippen molar-refractivity contribution in [3.8, 4) is 5.75 Å². The van der Waals surface area contributed by atoms with Gasteiger partial charge in [0.05, 0.1) is 13.2 Å². The molecule has 2 atom stereocenters. The number of amides is 1. The molecule has 0 aliphatic heterocycles. The molecule has 2 unspecified atom stereocenters. The molecule has 0 heterocycles. The van der Waals surface area contributed by atoms with Gasteiger partial charge in [0.15, 0.2) is 0 Å². The average molecular weight is 351 g/mol. The van der Waals surface area contributed by atoms with E-state index in [-0.39, 0.29) is 24.9 Å². The molecule has 0 aliphatic rings. The summed E-state index contributed by atoms with van der Waals surface area (Å²) in [5.41, 5.74) is 8.47. The molecule has 2 rings (SSSR count). The fraction of sp³-hybridized carbons (Fsp3) is 0.278. The van der Waals surface area contributed by atoms with E-state index < -0.39 is 12.1 Å². The second kappa shape index (κ2) is 9.27. The summed E-state index contributed by atoms with van der Waals surface area (Å²) in [5.74, 6) is 0.333. The third kappa shape index (κ3) is 5.23. The first kappa shape index (κ1) is 20.0. The maximum Gasteiger partial charge on any atom is 0.241 e. The Balaban J connectivity index is 0.00000288. The summed E-state index contributed by atoms with van der Waals surface area (Å²) in [6.07, 6.45) is -0.820. The lowest BCUT2D eigenvalue weighted by Crippen LogP contribution is -2.36. The first-order valence-electron chi connectivity index (χ1n) is 7.43. The zero-order valence-corrected chi connectivity index (χ0v) is 14.5. The maximum atomic E-state index is 12.1. The van der Waals surface area contributed by atoms with Crippen molar-refractivity contribution < 1.29 is 14.6 Å². The smallest absolute Gasteiger partial charge is 0.241 e. The predicted molar refractivity (Wildman–Crippen MR) is 96.3 cm³/mol. The molecule has 0 saturated heterocycles. The van der Waals surface area contributed by atoms with Crippen LogP contribution in [0, 0.1) is 6.92 Å². The Kier molecular flexibility index (Phi) is 7.71. The van der Waals surface area contributed by atoms with Crippen molar-refractivity contribution in [1.29, 1.82) is 0 Å². The molecule has 130 valence electrons. The molecular formula is C18H23ClN2O3. The molecule has 0 aliphatic carbocycles. The summed E-state index contributed by atoms with van der Waals surface area (Å²) >= 11 is 0. The number of halogens is 1. The van der Waals surface area contributed by atoms with Crippen LogP contribution in [0.25, 0.3) is 0 Å². The van der Waals surface area contributed by atoms with E-state index in [9.17, 15) is 9.90 Å². The quantitative estimate of drug-likeness (QED) is 0.746. The minimum absolute atomic E-state index is 0. The first-order valence-corrected chi connectivity index (χ1v) is 7.43. The van der Waals surface area contributed by atoms with Crippen molar-refractivity contribution in [3.05, 3.63) is 65.2 Å². The number of aliphatic hydroxyl groups is 1. The minimum atomic E-state index is -0.820. The molecule has 2 aromatic carbocycles. The Morgan fingerprint density at radius 3 is 2.50 bits per heavy atom. The minimum Gasteiger partial charge on any atom is -0.497 e. The molecule has 5 nitrogen and oxygen atoms in total. The Morgan fingerprint density at radius 1 is 1.21 bits per heavy atom. The van der Waals surface area contributed by atoms with E-state index in [0.29, 0.717) is 11.3 Å². The summed E-state index contributed by atoms with van der Waals surface area (Å²) < 4.78 is 5.12. The zero-order chi connectivity index (χ0) is 16.8. The molecule has 0 aromatic heterocycles. The van der Waals surface area contributed by atoms with Crippen LogP contribution in [-0.2, 0) is 4.79 Å². The number of rotatable bonds is 6. The van der Waals surface area contributed by atoms with Crippen LogP contribution in [0.2, 0.25) is 0 Å². The van der Waals surface area contributed by atoms with E-state index in [1.54, 1.807) is 31.4 Å². The molecule has 4 N–H and O–H groups in total. The van der Waals surface area contributed by atoms with Crippen molar-refractivity contribution in [2.75, 3.05) is 13.7 Å². The lowest BCUT2D eigenvalue weighted by Gasteiger charge is -2.16. The summed E-state index contributed by atoms with van der Waals surface area (Å²) in [7, 11) is 1.56. The number of hydrogen-bond donors (Lipinski definition) is 3. The van der Waals surface area contributed by atoms with Gasteiger partial charge in [0.25, 0.3) is 0 Å². The van der Waals surface area contributed by atoms with Gasteiger partial charge >= 0.3 is 0 Å². The number of aliphatic hydroxyl groups excluding tert-OH is 1. The molecule has 0 spiro atoms. The van der Waals surface area contributed by atoms with E-state index in [0.717, 1.165) is 11.1 Å². The van der Waals surface area contributed by atoms with Gasteiger partial charge in [-0.05, 0) is 30.2 Å². The number of ether oxygens (including phenoxy) is 1. The summed E-state index contributed by atoms with van der Waals surface area (Å²) in [6.45, 7) is 2.06. The standard InChI is InChI=1S/C18H22N2O3.ClH/c1-12-6-8-13(9-7-12)17(19)18(22)20-11-16(21)14-4-3-5-15(10-14)23-2;/h3-10,16-17,21H,11,19H2,1-2H3,(H,20,22);1H. The second-order valence-electron chi connectivity index (χ2n) is 5.43. The first-order chi connectivity index (χ1) is 11.0. The van der Waals surface area contributed by atoms with Crippen molar-refractivity contribution >= 4 is 18.3 Å². The molecule has 0 fully saturated rings. The highest BCUT2D eigenvalue weighted by atomic mass is 35.5. The Morgan fingerprint density at radius 2 is 1.88 bits per heavy atom. The molecule has 2 aromatic rings. The van der Waals surface area contributed by atoms with E-state index >= 15 is 0 Å². The van der Waals surface area contributed by atoms with E-state index in [1.807, 2.05) is 31.2 Å². The third-order valence-electron chi connectivity index (χ3n) is 3.67. The topological polar surface area (TPSA) is 84.6 Å². The van der Waals surface area contributed by atoms with Crippen LogP contribution in [0.5, 0.6) is 5.75 Å². The number of carbonyl (C=O) groups is 1. The largest absolute Gasteiger partial charge is 0.497 e. The highest BCUT2D eigenvalue weighted by Gasteiger charge is 2.17. The third-order valence-corrected chi connectivity index (χ3v) is 3.67. The summed E-state index contributed by atoms with van der Waals surface area (Å²) in [4.78, 5) is 12.1. The predicted octanol–water partition coefficient (Wildman–Crippen LogP) is 2.28. The summed E-state index contributed by atoms with van der Waals surface area (Å²) in [5, 5.41) is 12.8. The maximum absolute atomic E-state index is 12.1. The number of nitrogens with two attached hydrogens (primary N) is 1. The van der Waals surface area contributed by atoms with Gasteiger partial charge in [0, 0.05) is 6.54 Å². The van der Waals surface area contributed by atoms with Crippen LogP contribution in [0.4, 0.5) is 0 Å². The van der Waals surface area contributed by atoms with Crippen LogP contribution >= 0.6 is 12.4 Å². The van der Waals surface area contributed by atoms with Gasteiger partial charge < -0.3 is 20.9 Å². The van der Waals surface area contributed by atoms with Gasteiger partial charge in [-0.1, -0.05) is 42.0 Å². The number of hydrogen-bond acceptors (Lipinski definition) is 4. The fourth-order valence-corrected chi connectivity index (χ4v) is 2.20. The van der Waals surface area contributed by atoms with Crippen molar-refractivity contribution in [2.24, 2.45) is 5.73 Å². The van der Waals surface area contributed by atoms with E-state index in [4.69, 9.17) is 10.5 Å². The Bertz CT molecular complexity index is 662. The van der Waals surface area contributed by atoms with Gasteiger partial charge in [-0.2, -0.15) is 0 Å². The monoisotopic (exact) mass is 350 g/mol. The highest BCUT2D eigenvalue weighted by Crippen LogP contribution is 2.19. The van der Waals surface area contributed by atoms with Crippen LogP contribution in [0.1, 0.15) is 28.8 Å². The fourth-order valence-electron chi connectivity index (χ4n) is 2.20. The van der Waals surface area contributed by atoms with Gasteiger partial charge in [-0.15, -0.1) is 12.4 Å².